The summed E-state index contributed by atoms with van der Waals surface area (Å²) in [5, 5.41) is 3.47. The van der Waals surface area contributed by atoms with Crippen molar-refractivity contribution in [1.29, 1.82) is 0 Å². The summed E-state index contributed by atoms with van der Waals surface area (Å²) >= 11 is 0. The predicted octanol–water partition coefficient (Wildman–Crippen LogP) is 2.27. The molecule has 4 rings (SSSR count). The molecule has 0 radical (unpaired) electrons. The lowest BCUT2D eigenvalue weighted by Gasteiger charge is -2.48. The molecule has 0 saturated carbocycles. The number of rotatable bonds is 1. The van der Waals surface area contributed by atoms with Crippen LogP contribution in [0.25, 0.3) is 0 Å². The van der Waals surface area contributed by atoms with Crippen molar-refractivity contribution in [2.24, 2.45) is 5.41 Å². The Kier molecular flexibility index (Phi) is 2.31. The van der Waals surface area contributed by atoms with Crippen molar-refractivity contribution in [2.45, 2.75) is 19.3 Å². The number of hydrogen-bond acceptors (Lipinski definition) is 3. The summed E-state index contributed by atoms with van der Waals surface area (Å²) in [5.41, 5.74) is 4.87. The zero-order valence-electron chi connectivity index (χ0n) is 10.7. The third-order valence-electron chi connectivity index (χ3n) is 4.82. The van der Waals surface area contributed by atoms with Gasteiger partial charge in [-0.3, -0.25) is 0 Å². The zero-order valence-corrected chi connectivity index (χ0v) is 10.7. The van der Waals surface area contributed by atoms with Gasteiger partial charge in [-0.05, 0) is 31.4 Å². The van der Waals surface area contributed by atoms with Crippen LogP contribution in [0, 0.1) is 5.41 Å². The van der Waals surface area contributed by atoms with E-state index in [0.29, 0.717) is 5.41 Å². The molecule has 18 heavy (non-hydrogen) atoms. The van der Waals surface area contributed by atoms with E-state index >= 15 is 0 Å². The number of piperidine rings is 1. The molecule has 1 N–H and O–H groups in total. The molecular weight excluding hydrogens is 224 g/mol. The van der Waals surface area contributed by atoms with E-state index in [9.17, 15) is 0 Å². The van der Waals surface area contributed by atoms with E-state index in [1.165, 1.54) is 49.3 Å². The molecule has 2 fully saturated rings. The summed E-state index contributed by atoms with van der Waals surface area (Å²) in [7, 11) is 0. The van der Waals surface area contributed by atoms with E-state index in [-0.39, 0.29) is 0 Å². The molecule has 1 spiro atoms. The van der Waals surface area contributed by atoms with Crippen LogP contribution in [0.2, 0.25) is 0 Å². The Hall–Kier alpha value is -1.22. The molecule has 0 aromatic heterocycles. The highest BCUT2D eigenvalue weighted by Crippen LogP contribution is 2.41. The largest absolute Gasteiger partial charge is 0.384 e. The second-order valence-electron chi connectivity index (χ2n) is 5.96. The minimum Gasteiger partial charge on any atom is -0.384 e. The van der Waals surface area contributed by atoms with Gasteiger partial charge >= 0.3 is 0 Å². The fraction of sp³-hybridized carbons (Fsp3) is 0.600. The van der Waals surface area contributed by atoms with Crippen molar-refractivity contribution < 1.29 is 4.74 Å². The average molecular weight is 244 g/mol. The Balaban J connectivity index is 1.56. The monoisotopic (exact) mass is 244 g/mol. The molecule has 1 aromatic rings. The molecule has 3 heterocycles. The number of ether oxygens (including phenoxy) is 1. The second-order valence-corrected chi connectivity index (χ2v) is 5.96. The highest BCUT2D eigenvalue weighted by Gasteiger charge is 2.41. The van der Waals surface area contributed by atoms with Gasteiger partial charge in [-0.15, -0.1) is 0 Å². The number of nitrogens with one attached hydrogen (secondary N) is 1. The predicted molar refractivity (Wildman–Crippen MR) is 73.3 cm³/mol. The lowest BCUT2D eigenvalue weighted by atomic mass is 9.76. The van der Waals surface area contributed by atoms with Crippen LogP contribution in [0.5, 0.6) is 0 Å². The molecular formula is C15H20N2O. The van der Waals surface area contributed by atoms with E-state index in [1.54, 1.807) is 0 Å². The lowest BCUT2D eigenvalue weighted by Crippen LogP contribution is -2.51. The summed E-state index contributed by atoms with van der Waals surface area (Å²) in [6, 6.07) is 6.68. The smallest absolute Gasteiger partial charge is 0.0546 e. The molecule has 0 aliphatic carbocycles. The molecule has 2 saturated heterocycles. The second kappa shape index (κ2) is 3.89. The van der Waals surface area contributed by atoms with E-state index in [0.717, 1.165) is 19.8 Å². The van der Waals surface area contributed by atoms with Crippen molar-refractivity contribution >= 4 is 11.4 Å². The molecule has 96 valence electrons. The fourth-order valence-electron chi connectivity index (χ4n) is 3.52. The number of fused-ring (bicyclic) bond motifs is 1. The molecule has 0 unspecified atom stereocenters. The first-order valence-corrected chi connectivity index (χ1v) is 7.05. The van der Waals surface area contributed by atoms with Gasteiger partial charge in [-0.2, -0.15) is 0 Å². The van der Waals surface area contributed by atoms with Crippen LogP contribution in [0.15, 0.2) is 18.2 Å². The van der Waals surface area contributed by atoms with Crippen molar-refractivity contribution in [3.63, 3.8) is 0 Å². The fourth-order valence-corrected chi connectivity index (χ4v) is 3.52. The normalized spacial score (nSPS) is 24.6. The Morgan fingerprint density at radius 2 is 2.00 bits per heavy atom. The number of hydrogen-bond donors (Lipinski definition) is 1. The maximum Gasteiger partial charge on any atom is 0.0546 e. The molecule has 3 nitrogen and oxygen atoms in total. The Morgan fingerprint density at radius 1 is 1.17 bits per heavy atom. The van der Waals surface area contributed by atoms with Crippen molar-refractivity contribution in [2.75, 3.05) is 43.1 Å². The highest BCUT2D eigenvalue weighted by molar-refractivity contribution is 5.69. The lowest BCUT2D eigenvalue weighted by molar-refractivity contribution is -0.124. The standard InChI is InChI=1S/C15H20N2O/c1-2-13-12(4-7-16-13)14(3-1)17-8-5-15(6-9-17)10-18-11-15/h1-3,16H,4-11H2. The van der Waals surface area contributed by atoms with Gasteiger partial charge in [0.05, 0.1) is 13.2 Å². The molecule has 0 bridgehead atoms. The van der Waals surface area contributed by atoms with Gasteiger partial charge in [0.25, 0.3) is 0 Å². The van der Waals surface area contributed by atoms with Gasteiger partial charge in [0, 0.05) is 42.0 Å². The van der Waals surface area contributed by atoms with Crippen LogP contribution in [0.1, 0.15) is 18.4 Å². The van der Waals surface area contributed by atoms with E-state index < -0.39 is 0 Å². The molecule has 3 heteroatoms. The molecule has 3 aliphatic rings. The zero-order chi connectivity index (χ0) is 12.0. The Bertz CT molecular complexity index is 458. The average Bonchev–Trinajstić information content (AvgIpc) is 2.85. The Labute approximate surface area is 108 Å². The van der Waals surface area contributed by atoms with Gasteiger partial charge < -0.3 is 15.0 Å². The topological polar surface area (TPSA) is 24.5 Å². The minimum atomic E-state index is 0.534. The van der Waals surface area contributed by atoms with Crippen molar-refractivity contribution in [1.82, 2.24) is 0 Å². The molecule has 0 atom stereocenters. The summed E-state index contributed by atoms with van der Waals surface area (Å²) in [6.07, 6.45) is 3.77. The summed E-state index contributed by atoms with van der Waals surface area (Å²) in [5.74, 6) is 0. The van der Waals surface area contributed by atoms with Crippen LogP contribution in [0.3, 0.4) is 0 Å². The first kappa shape index (κ1) is 10.7. The van der Waals surface area contributed by atoms with Gasteiger partial charge in [0.1, 0.15) is 0 Å². The van der Waals surface area contributed by atoms with Gasteiger partial charge in [0.15, 0.2) is 0 Å². The third kappa shape index (κ3) is 1.53. The van der Waals surface area contributed by atoms with Crippen LogP contribution in [-0.2, 0) is 11.2 Å². The van der Waals surface area contributed by atoms with E-state index in [4.69, 9.17) is 4.74 Å². The maximum absolute atomic E-state index is 5.40. The van der Waals surface area contributed by atoms with Gasteiger partial charge in [-0.25, -0.2) is 0 Å². The Morgan fingerprint density at radius 3 is 2.72 bits per heavy atom. The van der Waals surface area contributed by atoms with E-state index in [1.807, 2.05) is 0 Å². The van der Waals surface area contributed by atoms with Gasteiger partial charge in [0.2, 0.25) is 0 Å². The van der Waals surface area contributed by atoms with Crippen LogP contribution in [-0.4, -0.2) is 32.8 Å². The first-order valence-electron chi connectivity index (χ1n) is 7.05. The summed E-state index contributed by atoms with van der Waals surface area (Å²) in [4.78, 5) is 2.58. The molecule has 1 aromatic carbocycles. The SMILES string of the molecule is c1cc2c(c(N3CCC4(CC3)COC4)c1)CCN2. The summed E-state index contributed by atoms with van der Waals surface area (Å²) < 4.78 is 5.40. The highest BCUT2D eigenvalue weighted by atomic mass is 16.5. The number of anilines is 2. The van der Waals surface area contributed by atoms with Crippen LogP contribution in [0.4, 0.5) is 11.4 Å². The van der Waals surface area contributed by atoms with Crippen LogP contribution >= 0.6 is 0 Å². The first-order chi connectivity index (χ1) is 8.86. The van der Waals surface area contributed by atoms with Crippen molar-refractivity contribution in [3.8, 4) is 0 Å². The van der Waals surface area contributed by atoms with Crippen LogP contribution < -0.4 is 10.2 Å². The number of benzene rings is 1. The summed E-state index contributed by atoms with van der Waals surface area (Å²) in [6.45, 7) is 5.47. The van der Waals surface area contributed by atoms with E-state index in [2.05, 4.69) is 28.4 Å². The quantitative estimate of drug-likeness (QED) is 0.820. The third-order valence-corrected chi connectivity index (χ3v) is 4.82. The molecule has 3 aliphatic heterocycles. The van der Waals surface area contributed by atoms with Crippen molar-refractivity contribution in [3.05, 3.63) is 23.8 Å². The number of nitrogens with zero attached hydrogens (tertiary/aromatic N) is 1. The minimum absolute atomic E-state index is 0.534. The maximum atomic E-state index is 5.40. The van der Waals surface area contributed by atoms with Gasteiger partial charge in [-0.1, -0.05) is 6.07 Å². The molecule has 0 amide bonds.